The van der Waals surface area contributed by atoms with E-state index in [2.05, 4.69) is 18.3 Å². The van der Waals surface area contributed by atoms with E-state index in [1.54, 1.807) is 0 Å². The summed E-state index contributed by atoms with van der Waals surface area (Å²) in [5.41, 5.74) is 1.21. The second-order valence-corrected chi connectivity index (χ2v) is 4.97. The number of aliphatic hydroxyl groups excluding tert-OH is 1. The van der Waals surface area contributed by atoms with Crippen molar-refractivity contribution in [2.24, 2.45) is 0 Å². The van der Waals surface area contributed by atoms with Crippen LogP contribution in [0, 0.1) is 0 Å². The van der Waals surface area contributed by atoms with E-state index in [9.17, 15) is 0 Å². The standard InChI is InChI=1S/C14H21NO3/c1-14(15-2,7-8-16)6-5-11-3-4-12-13(9-11)18-10-17-12/h3-4,9,15-16H,5-8,10H2,1-2H3. The summed E-state index contributed by atoms with van der Waals surface area (Å²) in [6.45, 7) is 2.66. The van der Waals surface area contributed by atoms with Gasteiger partial charge in [0.25, 0.3) is 0 Å². The highest BCUT2D eigenvalue weighted by Gasteiger charge is 2.21. The first-order valence-corrected chi connectivity index (χ1v) is 6.35. The average Bonchev–Trinajstić information content (AvgIpc) is 2.84. The molecule has 0 radical (unpaired) electrons. The molecule has 0 saturated carbocycles. The number of aryl methyl sites for hydroxylation is 1. The van der Waals surface area contributed by atoms with Gasteiger partial charge in [0.15, 0.2) is 11.5 Å². The fraction of sp³-hybridized carbons (Fsp3) is 0.571. The number of hydrogen-bond acceptors (Lipinski definition) is 4. The van der Waals surface area contributed by atoms with Crippen molar-refractivity contribution in [3.05, 3.63) is 23.8 Å². The van der Waals surface area contributed by atoms with E-state index in [0.717, 1.165) is 30.8 Å². The zero-order chi connectivity index (χ0) is 13.0. The molecule has 1 unspecified atom stereocenters. The maximum Gasteiger partial charge on any atom is 0.231 e. The third kappa shape index (κ3) is 2.94. The van der Waals surface area contributed by atoms with Gasteiger partial charge in [0.2, 0.25) is 6.79 Å². The van der Waals surface area contributed by atoms with E-state index in [1.807, 2.05) is 19.2 Å². The Morgan fingerprint density at radius 2 is 2.06 bits per heavy atom. The molecule has 0 aliphatic carbocycles. The van der Waals surface area contributed by atoms with Gasteiger partial charge in [-0.05, 0) is 50.9 Å². The molecule has 1 aliphatic heterocycles. The van der Waals surface area contributed by atoms with Crippen LogP contribution in [-0.4, -0.2) is 31.1 Å². The molecule has 1 heterocycles. The molecule has 2 N–H and O–H groups in total. The van der Waals surface area contributed by atoms with Gasteiger partial charge in [0.1, 0.15) is 0 Å². The van der Waals surface area contributed by atoms with Crippen LogP contribution in [-0.2, 0) is 6.42 Å². The van der Waals surface area contributed by atoms with Crippen molar-refractivity contribution < 1.29 is 14.6 Å². The summed E-state index contributed by atoms with van der Waals surface area (Å²) in [6, 6.07) is 6.07. The maximum atomic E-state index is 9.08. The van der Waals surface area contributed by atoms with Crippen LogP contribution in [0.5, 0.6) is 11.5 Å². The smallest absolute Gasteiger partial charge is 0.231 e. The second-order valence-electron chi connectivity index (χ2n) is 4.97. The van der Waals surface area contributed by atoms with E-state index < -0.39 is 0 Å². The highest BCUT2D eigenvalue weighted by Crippen LogP contribution is 2.33. The van der Waals surface area contributed by atoms with E-state index >= 15 is 0 Å². The van der Waals surface area contributed by atoms with Crippen molar-refractivity contribution in [3.63, 3.8) is 0 Å². The quantitative estimate of drug-likeness (QED) is 0.808. The van der Waals surface area contributed by atoms with Crippen molar-refractivity contribution in [3.8, 4) is 11.5 Å². The summed E-state index contributed by atoms with van der Waals surface area (Å²) in [6.07, 6.45) is 2.69. The number of benzene rings is 1. The lowest BCUT2D eigenvalue weighted by Gasteiger charge is -2.28. The molecule has 0 amide bonds. The van der Waals surface area contributed by atoms with Crippen molar-refractivity contribution in [1.29, 1.82) is 0 Å². The van der Waals surface area contributed by atoms with E-state index in [4.69, 9.17) is 14.6 Å². The SMILES string of the molecule is CNC(C)(CCO)CCc1ccc2c(c1)OCO2. The third-order valence-corrected chi connectivity index (χ3v) is 3.67. The lowest BCUT2D eigenvalue weighted by Crippen LogP contribution is -2.41. The van der Waals surface area contributed by atoms with Crippen molar-refractivity contribution in [2.75, 3.05) is 20.4 Å². The number of nitrogens with one attached hydrogen (secondary N) is 1. The van der Waals surface area contributed by atoms with Gasteiger partial charge in [0.05, 0.1) is 0 Å². The summed E-state index contributed by atoms with van der Waals surface area (Å²) in [5.74, 6) is 1.66. The fourth-order valence-electron chi connectivity index (χ4n) is 2.14. The van der Waals surface area contributed by atoms with E-state index in [1.165, 1.54) is 5.56 Å². The molecule has 100 valence electrons. The minimum atomic E-state index is -0.0227. The van der Waals surface area contributed by atoms with Gasteiger partial charge >= 0.3 is 0 Å². The summed E-state index contributed by atoms with van der Waals surface area (Å²) < 4.78 is 10.7. The third-order valence-electron chi connectivity index (χ3n) is 3.67. The first kappa shape index (κ1) is 13.2. The van der Waals surface area contributed by atoms with Crippen LogP contribution in [0.3, 0.4) is 0 Å². The highest BCUT2D eigenvalue weighted by molar-refractivity contribution is 5.44. The number of ether oxygens (including phenoxy) is 2. The molecule has 1 aromatic rings. The molecule has 4 nitrogen and oxygen atoms in total. The first-order chi connectivity index (χ1) is 8.67. The minimum absolute atomic E-state index is 0.0227. The monoisotopic (exact) mass is 251 g/mol. The topological polar surface area (TPSA) is 50.7 Å². The predicted octanol–water partition coefficient (Wildman–Crippen LogP) is 1.71. The molecule has 0 saturated heterocycles. The van der Waals surface area contributed by atoms with Crippen LogP contribution in [0.15, 0.2) is 18.2 Å². The van der Waals surface area contributed by atoms with Gasteiger partial charge in [-0.25, -0.2) is 0 Å². The largest absolute Gasteiger partial charge is 0.454 e. The Morgan fingerprint density at radius 3 is 2.78 bits per heavy atom. The average molecular weight is 251 g/mol. The molecule has 0 fully saturated rings. The van der Waals surface area contributed by atoms with Gasteiger partial charge in [-0.3, -0.25) is 0 Å². The molecule has 0 spiro atoms. The van der Waals surface area contributed by atoms with E-state index in [-0.39, 0.29) is 12.1 Å². The van der Waals surface area contributed by atoms with Gasteiger partial charge in [-0.1, -0.05) is 6.07 Å². The van der Waals surface area contributed by atoms with Crippen LogP contribution in [0.4, 0.5) is 0 Å². The van der Waals surface area contributed by atoms with Crippen LogP contribution in [0.1, 0.15) is 25.3 Å². The molecule has 1 aromatic carbocycles. The Morgan fingerprint density at radius 1 is 1.28 bits per heavy atom. The number of fused-ring (bicyclic) bond motifs is 1. The maximum absolute atomic E-state index is 9.08. The normalized spacial score (nSPS) is 16.6. The zero-order valence-electron chi connectivity index (χ0n) is 11.0. The Hall–Kier alpha value is -1.26. The molecule has 0 aromatic heterocycles. The van der Waals surface area contributed by atoms with Gasteiger partial charge in [-0.2, -0.15) is 0 Å². The predicted molar refractivity (Wildman–Crippen MR) is 70.1 cm³/mol. The first-order valence-electron chi connectivity index (χ1n) is 6.35. The van der Waals surface area contributed by atoms with Crippen LogP contribution < -0.4 is 14.8 Å². The molecule has 1 aliphatic rings. The Balaban J connectivity index is 1.97. The molecule has 4 heteroatoms. The fourth-order valence-corrected chi connectivity index (χ4v) is 2.14. The zero-order valence-corrected chi connectivity index (χ0v) is 11.0. The highest BCUT2D eigenvalue weighted by atomic mass is 16.7. The van der Waals surface area contributed by atoms with Crippen molar-refractivity contribution in [1.82, 2.24) is 5.32 Å². The second kappa shape index (κ2) is 5.59. The summed E-state index contributed by atoms with van der Waals surface area (Å²) in [5, 5.41) is 12.4. The lowest BCUT2D eigenvalue weighted by molar-refractivity contribution is 0.174. The molecular weight excluding hydrogens is 230 g/mol. The number of hydrogen-bond donors (Lipinski definition) is 2. The van der Waals surface area contributed by atoms with Crippen LogP contribution in [0.2, 0.25) is 0 Å². The summed E-state index contributed by atoms with van der Waals surface area (Å²) in [7, 11) is 1.94. The Labute approximate surface area is 108 Å². The van der Waals surface area contributed by atoms with Gasteiger partial charge < -0.3 is 19.9 Å². The van der Waals surface area contributed by atoms with E-state index in [0.29, 0.717) is 6.79 Å². The van der Waals surface area contributed by atoms with Crippen LogP contribution in [0.25, 0.3) is 0 Å². The summed E-state index contributed by atoms with van der Waals surface area (Å²) >= 11 is 0. The minimum Gasteiger partial charge on any atom is -0.454 e. The van der Waals surface area contributed by atoms with Gasteiger partial charge in [-0.15, -0.1) is 0 Å². The number of rotatable bonds is 6. The molecule has 0 bridgehead atoms. The molecule has 2 rings (SSSR count). The Bertz CT molecular complexity index is 408. The van der Waals surface area contributed by atoms with Crippen molar-refractivity contribution in [2.45, 2.75) is 31.7 Å². The van der Waals surface area contributed by atoms with Gasteiger partial charge in [0, 0.05) is 12.1 Å². The number of aliphatic hydroxyl groups is 1. The lowest BCUT2D eigenvalue weighted by atomic mass is 9.90. The molecule has 18 heavy (non-hydrogen) atoms. The van der Waals surface area contributed by atoms with Crippen molar-refractivity contribution >= 4 is 0 Å². The molecular formula is C14H21NO3. The summed E-state index contributed by atoms with van der Waals surface area (Å²) in [4.78, 5) is 0. The Kier molecular flexibility index (Phi) is 4.09. The van der Waals surface area contributed by atoms with Crippen LogP contribution >= 0.6 is 0 Å². The molecule has 1 atom stereocenters.